The predicted molar refractivity (Wildman–Crippen MR) is 102 cm³/mol. The Hall–Kier alpha value is -3.29. The van der Waals surface area contributed by atoms with Gasteiger partial charge < -0.3 is 10.1 Å². The molecule has 0 saturated carbocycles. The van der Waals surface area contributed by atoms with E-state index in [1.807, 2.05) is 19.1 Å². The maximum atomic E-state index is 12.1. The van der Waals surface area contributed by atoms with Gasteiger partial charge in [-0.25, -0.2) is 5.43 Å². The molecule has 0 aliphatic rings. The molecule has 2 rings (SSSR count). The zero-order valence-corrected chi connectivity index (χ0v) is 15.5. The molecule has 0 fully saturated rings. The van der Waals surface area contributed by atoms with Crippen LogP contribution in [0.2, 0.25) is 0 Å². The van der Waals surface area contributed by atoms with Crippen LogP contribution in [0.4, 0.5) is 14.5 Å². The molecule has 0 bridgehead atoms. The Kier molecular flexibility index (Phi) is 7.62. The van der Waals surface area contributed by atoms with Crippen molar-refractivity contribution in [2.24, 2.45) is 5.10 Å². The van der Waals surface area contributed by atoms with Crippen molar-refractivity contribution >= 4 is 23.2 Å². The maximum absolute atomic E-state index is 12.1. The fourth-order valence-corrected chi connectivity index (χ4v) is 2.24. The highest BCUT2D eigenvalue weighted by molar-refractivity contribution is 6.39. The SMILES string of the molecule is C/C(CCc1ccc(OC(F)F)cc1)=N/NC(=O)C(=O)Nc1ccc(C)cc1. The first-order chi connectivity index (χ1) is 13.3. The predicted octanol–water partition coefficient (Wildman–Crippen LogP) is 3.66. The Morgan fingerprint density at radius 2 is 1.68 bits per heavy atom. The highest BCUT2D eigenvalue weighted by Crippen LogP contribution is 2.16. The number of anilines is 1. The quantitative estimate of drug-likeness (QED) is 0.431. The minimum Gasteiger partial charge on any atom is -0.435 e. The molecule has 148 valence electrons. The molecule has 8 heteroatoms. The molecule has 0 heterocycles. The van der Waals surface area contributed by atoms with Crippen molar-refractivity contribution in [3.8, 4) is 5.75 Å². The topological polar surface area (TPSA) is 79.8 Å². The van der Waals surface area contributed by atoms with Gasteiger partial charge in [0.05, 0.1) is 0 Å². The van der Waals surface area contributed by atoms with E-state index in [-0.39, 0.29) is 5.75 Å². The van der Waals surface area contributed by atoms with E-state index in [1.165, 1.54) is 12.1 Å². The van der Waals surface area contributed by atoms with Crippen LogP contribution in [-0.4, -0.2) is 24.1 Å². The van der Waals surface area contributed by atoms with Crippen LogP contribution in [0.5, 0.6) is 5.75 Å². The lowest BCUT2D eigenvalue weighted by molar-refractivity contribution is -0.136. The number of hydrogen-bond donors (Lipinski definition) is 2. The summed E-state index contributed by atoms with van der Waals surface area (Å²) in [5.74, 6) is -1.58. The molecule has 0 saturated heterocycles. The fraction of sp³-hybridized carbons (Fsp3) is 0.250. The summed E-state index contributed by atoms with van der Waals surface area (Å²) in [4.78, 5) is 23.7. The number of amides is 2. The van der Waals surface area contributed by atoms with E-state index in [0.717, 1.165) is 11.1 Å². The van der Waals surface area contributed by atoms with E-state index < -0.39 is 18.4 Å². The van der Waals surface area contributed by atoms with E-state index in [2.05, 4.69) is 20.6 Å². The van der Waals surface area contributed by atoms with Crippen LogP contribution in [0, 0.1) is 6.92 Å². The van der Waals surface area contributed by atoms with Gasteiger partial charge in [-0.15, -0.1) is 0 Å². The van der Waals surface area contributed by atoms with E-state index in [9.17, 15) is 18.4 Å². The van der Waals surface area contributed by atoms with Gasteiger partial charge in [-0.2, -0.15) is 13.9 Å². The molecule has 28 heavy (non-hydrogen) atoms. The van der Waals surface area contributed by atoms with Gasteiger partial charge in [-0.1, -0.05) is 29.8 Å². The number of alkyl halides is 2. The summed E-state index contributed by atoms with van der Waals surface area (Å²) in [6.07, 6.45) is 1.12. The van der Waals surface area contributed by atoms with E-state index in [0.29, 0.717) is 24.2 Å². The third-order valence-corrected chi connectivity index (χ3v) is 3.79. The van der Waals surface area contributed by atoms with Crippen LogP contribution in [0.1, 0.15) is 24.5 Å². The first kappa shape index (κ1) is 21.0. The average molecular weight is 389 g/mol. The van der Waals surface area contributed by atoms with Gasteiger partial charge in [0.25, 0.3) is 0 Å². The van der Waals surface area contributed by atoms with Crippen molar-refractivity contribution in [2.45, 2.75) is 33.3 Å². The third-order valence-electron chi connectivity index (χ3n) is 3.79. The summed E-state index contributed by atoms with van der Waals surface area (Å²) >= 11 is 0. The molecule has 0 spiro atoms. The van der Waals surface area contributed by atoms with Crippen molar-refractivity contribution in [3.05, 3.63) is 59.7 Å². The van der Waals surface area contributed by atoms with Gasteiger partial charge >= 0.3 is 18.4 Å². The molecule has 0 unspecified atom stereocenters. The van der Waals surface area contributed by atoms with Gasteiger partial charge in [-0.3, -0.25) is 9.59 Å². The number of halogens is 2. The number of aryl methyl sites for hydroxylation is 2. The zero-order valence-electron chi connectivity index (χ0n) is 15.5. The van der Waals surface area contributed by atoms with E-state index in [1.54, 1.807) is 31.2 Å². The largest absolute Gasteiger partial charge is 0.435 e. The molecular formula is C20H21F2N3O3. The van der Waals surface area contributed by atoms with E-state index in [4.69, 9.17) is 0 Å². The van der Waals surface area contributed by atoms with Crippen molar-refractivity contribution in [1.82, 2.24) is 5.43 Å². The van der Waals surface area contributed by atoms with Crippen LogP contribution in [0.15, 0.2) is 53.6 Å². The Labute approximate surface area is 161 Å². The first-order valence-corrected chi connectivity index (χ1v) is 8.58. The number of carbonyl (C=O) groups excluding carboxylic acids is 2. The average Bonchev–Trinajstić information content (AvgIpc) is 2.66. The third kappa shape index (κ3) is 7.14. The van der Waals surface area contributed by atoms with Crippen LogP contribution in [-0.2, 0) is 16.0 Å². The number of carbonyl (C=O) groups is 2. The molecule has 2 aromatic rings. The number of rotatable bonds is 7. The van der Waals surface area contributed by atoms with Crippen molar-refractivity contribution in [2.75, 3.05) is 5.32 Å². The van der Waals surface area contributed by atoms with Crippen LogP contribution >= 0.6 is 0 Å². The Morgan fingerprint density at radius 3 is 2.29 bits per heavy atom. The van der Waals surface area contributed by atoms with Crippen LogP contribution < -0.4 is 15.5 Å². The van der Waals surface area contributed by atoms with E-state index >= 15 is 0 Å². The van der Waals surface area contributed by atoms with Gasteiger partial charge in [0.15, 0.2) is 0 Å². The fourth-order valence-electron chi connectivity index (χ4n) is 2.24. The summed E-state index contributed by atoms with van der Waals surface area (Å²) in [5.41, 5.74) is 5.29. The van der Waals surface area contributed by atoms with Crippen molar-refractivity contribution < 1.29 is 23.1 Å². The second-order valence-electron chi connectivity index (χ2n) is 6.13. The molecule has 0 aliphatic carbocycles. The monoisotopic (exact) mass is 389 g/mol. The summed E-state index contributed by atoms with van der Waals surface area (Å²) in [5, 5.41) is 6.39. The van der Waals surface area contributed by atoms with Crippen molar-refractivity contribution in [1.29, 1.82) is 0 Å². The molecule has 0 atom stereocenters. The number of hydrazone groups is 1. The second kappa shape index (κ2) is 10.1. The first-order valence-electron chi connectivity index (χ1n) is 8.58. The molecule has 2 aromatic carbocycles. The minimum atomic E-state index is -2.85. The highest BCUT2D eigenvalue weighted by atomic mass is 19.3. The van der Waals surface area contributed by atoms with Gasteiger partial charge in [0, 0.05) is 11.4 Å². The minimum absolute atomic E-state index is 0.0935. The number of nitrogens with zero attached hydrogens (tertiary/aromatic N) is 1. The molecule has 2 N–H and O–H groups in total. The Balaban J connectivity index is 1.78. The summed E-state index contributed by atoms with van der Waals surface area (Å²) in [7, 11) is 0. The number of ether oxygens (including phenoxy) is 1. The normalized spacial score (nSPS) is 11.2. The van der Waals surface area contributed by atoms with Crippen LogP contribution in [0.3, 0.4) is 0 Å². The maximum Gasteiger partial charge on any atom is 0.387 e. The highest BCUT2D eigenvalue weighted by Gasteiger charge is 2.13. The van der Waals surface area contributed by atoms with Gasteiger partial charge in [0.1, 0.15) is 5.75 Å². The Morgan fingerprint density at radius 1 is 1.04 bits per heavy atom. The summed E-state index contributed by atoms with van der Waals surface area (Å²) in [6.45, 7) is 0.778. The lowest BCUT2D eigenvalue weighted by Crippen LogP contribution is -2.32. The lowest BCUT2D eigenvalue weighted by Gasteiger charge is -2.06. The lowest BCUT2D eigenvalue weighted by atomic mass is 10.1. The number of hydrogen-bond acceptors (Lipinski definition) is 4. The molecular weight excluding hydrogens is 368 g/mol. The second-order valence-corrected chi connectivity index (χ2v) is 6.13. The molecule has 6 nitrogen and oxygen atoms in total. The molecule has 0 radical (unpaired) electrons. The number of benzene rings is 2. The summed E-state index contributed by atoms with van der Waals surface area (Å²) < 4.78 is 28.5. The zero-order chi connectivity index (χ0) is 20.5. The van der Waals surface area contributed by atoms with Gasteiger partial charge in [0.2, 0.25) is 0 Å². The standard InChI is InChI=1S/C20H21F2N3O3/c1-13-3-9-16(10-4-13)23-18(26)19(27)25-24-14(2)5-6-15-7-11-17(12-8-15)28-20(21)22/h3-4,7-12,20H,5-6H2,1-2H3,(H,23,26)(H,25,27)/b24-14-. The van der Waals surface area contributed by atoms with Gasteiger partial charge in [-0.05, 0) is 56.5 Å². The summed E-state index contributed by atoms with van der Waals surface area (Å²) in [6, 6.07) is 13.3. The van der Waals surface area contributed by atoms with Crippen LogP contribution in [0.25, 0.3) is 0 Å². The smallest absolute Gasteiger partial charge is 0.387 e. The van der Waals surface area contributed by atoms with Crippen molar-refractivity contribution in [3.63, 3.8) is 0 Å². The Bertz CT molecular complexity index is 835. The molecule has 0 aliphatic heterocycles. The number of nitrogens with one attached hydrogen (secondary N) is 2. The molecule has 0 aromatic heterocycles. The molecule has 2 amide bonds.